The number of carbonyl (C=O) groups excluding carboxylic acids is 2. The average molecular weight is 651 g/mol. The van der Waals surface area contributed by atoms with Gasteiger partial charge in [-0.3, -0.25) is 4.79 Å². The molecule has 226 valence electrons. The molecule has 0 spiro atoms. The molecule has 0 fully saturated rings. The second-order valence-electron chi connectivity index (χ2n) is 10.5. The Bertz CT molecular complexity index is 1470. The quantitative estimate of drug-likeness (QED) is 0.316. The highest BCUT2D eigenvalue weighted by Crippen LogP contribution is 2.50. The van der Waals surface area contributed by atoms with Gasteiger partial charge in [0.15, 0.2) is 0 Å². The van der Waals surface area contributed by atoms with Crippen molar-refractivity contribution in [2.45, 2.75) is 64.1 Å². The number of amides is 2. The van der Waals surface area contributed by atoms with Crippen LogP contribution < -0.4 is 0 Å². The van der Waals surface area contributed by atoms with Gasteiger partial charge in [0.05, 0.1) is 34.3 Å². The minimum absolute atomic E-state index is 0.00891. The molecule has 0 unspecified atom stereocenters. The van der Waals surface area contributed by atoms with Crippen molar-refractivity contribution >= 4 is 58.4 Å². The number of hydrogen-bond donors (Lipinski definition) is 0. The molecule has 42 heavy (non-hydrogen) atoms. The van der Waals surface area contributed by atoms with Gasteiger partial charge in [-0.2, -0.15) is 13.2 Å². The zero-order valence-electron chi connectivity index (χ0n) is 22.9. The molecule has 2 aliphatic heterocycles. The third kappa shape index (κ3) is 6.11. The van der Waals surface area contributed by atoms with Gasteiger partial charge in [-0.05, 0) is 68.2 Å². The molecular formula is C27H25Cl3F3N3O6. The van der Waals surface area contributed by atoms with E-state index < -0.39 is 42.0 Å². The van der Waals surface area contributed by atoms with Gasteiger partial charge in [0.2, 0.25) is 12.1 Å². The van der Waals surface area contributed by atoms with Gasteiger partial charge in [-0.1, -0.05) is 46.0 Å². The molecule has 0 N–H and O–H groups in total. The summed E-state index contributed by atoms with van der Waals surface area (Å²) in [6, 6.07) is 6.29. The summed E-state index contributed by atoms with van der Waals surface area (Å²) in [6.07, 6.45) is -7.75. The Morgan fingerprint density at radius 2 is 1.71 bits per heavy atom. The summed E-state index contributed by atoms with van der Waals surface area (Å²) in [7, 11) is 1.37. The maximum absolute atomic E-state index is 14.4. The van der Waals surface area contributed by atoms with Gasteiger partial charge in [-0.25, -0.2) is 9.69 Å². The van der Waals surface area contributed by atoms with Gasteiger partial charge in [0, 0.05) is 17.5 Å². The van der Waals surface area contributed by atoms with Crippen molar-refractivity contribution in [1.82, 2.24) is 4.90 Å². The lowest BCUT2D eigenvalue weighted by atomic mass is 9.86. The number of hydrogen-bond acceptors (Lipinski definition) is 8. The lowest BCUT2D eigenvalue weighted by Gasteiger charge is -2.30. The molecule has 0 saturated heterocycles. The normalized spacial score (nSPS) is 20.3. The van der Waals surface area contributed by atoms with Gasteiger partial charge in [0.1, 0.15) is 5.60 Å². The SMILES string of the molecule is COC1=NO[C@H](N(C(=O)OC(C)(C)C)C(=O)c2ccc(C3=NO[C@@](c4cc(Cl)c(Cl)c(Cl)c4)(C(F)(F)F)C3)cc2C)C1. The summed E-state index contributed by atoms with van der Waals surface area (Å²) >= 11 is 17.9. The molecule has 0 saturated carbocycles. The van der Waals surface area contributed by atoms with E-state index in [1.165, 1.54) is 25.3 Å². The average Bonchev–Trinajstić information content (AvgIpc) is 3.54. The van der Waals surface area contributed by atoms with E-state index in [0.717, 1.165) is 17.0 Å². The lowest BCUT2D eigenvalue weighted by molar-refractivity contribution is -0.275. The summed E-state index contributed by atoms with van der Waals surface area (Å²) in [5.74, 6) is -0.602. The summed E-state index contributed by atoms with van der Waals surface area (Å²) in [4.78, 5) is 37.8. The van der Waals surface area contributed by atoms with Gasteiger partial charge in [0.25, 0.3) is 11.5 Å². The molecule has 2 aromatic rings. The summed E-state index contributed by atoms with van der Waals surface area (Å²) in [5.41, 5.74) is -3.57. The van der Waals surface area contributed by atoms with E-state index in [-0.39, 0.29) is 49.8 Å². The molecule has 2 amide bonds. The number of aryl methyl sites for hydroxylation is 1. The number of carbonyl (C=O) groups is 2. The van der Waals surface area contributed by atoms with Crippen LogP contribution in [0.25, 0.3) is 0 Å². The Balaban J connectivity index is 1.64. The van der Waals surface area contributed by atoms with E-state index in [4.69, 9.17) is 54.0 Å². The lowest BCUT2D eigenvalue weighted by Crippen LogP contribution is -2.47. The predicted octanol–water partition coefficient (Wildman–Crippen LogP) is 7.62. The number of oxime groups is 2. The molecule has 2 aliphatic rings. The van der Waals surface area contributed by atoms with E-state index in [9.17, 15) is 22.8 Å². The fourth-order valence-electron chi connectivity index (χ4n) is 4.31. The monoisotopic (exact) mass is 649 g/mol. The highest BCUT2D eigenvalue weighted by Gasteiger charge is 2.62. The van der Waals surface area contributed by atoms with Crippen LogP contribution in [0.1, 0.15) is 60.7 Å². The number of methoxy groups -OCH3 is 1. The summed E-state index contributed by atoms with van der Waals surface area (Å²) < 4.78 is 53.8. The second kappa shape index (κ2) is 11.5. The molecular weight excluding hydrogens is 626 g/mol. The third-order valence-electron chi connectivity index (χ3n) is 6.38. The van der Waals surface area contributed by atoms with Crippen molar-refractivity contribution in [3.05, 3.63) is 67.7 Å². The van der Waals surface area contributed by atoms with Crippen LogP contribution in [0.15, 0.2) is 40.6 Å². The Hall–Kier alpha value is -3.22. The zero-order valence-corrected chi connectivity index (χ0v) is 25.2. The minimum Gasteiger partial charge on any atom is -0.482 e. The van der Waals surface area contributed by atoms with Crippen molar-refractivity contribution in [1.29, 1.82) is 0 Å². The molecule has 2 heterocycles. The molecule has 0 radical (unpaired) electrons. The van der Waals surface area contributed by atoms with Crippen LogP contribution >= 0.6 is 34.8 Å². The molecule has 0 aliphatic carbocycles. The first-order valence-corrected chi connectivity index (χ1v) is 13.5. The van der Waals surface area contributed by atoms with Crippen molar-refractivity contribution < 1.29 is 41.9 Å². The molecule has 0 bridgehead atoms. The molecule has 0 aromatic heterocycles. The summed E-state index contributed by atoms with van der Waals surface area (Å²) in [5, 5.41) is 7.01. The fraction of sp³-hybridized carbons (Fsp3) is 0.407. The van der Waals surface area contributed by atoms with Crippen molar-refractivity contribution in [3.8, 4) is 0 Å². The van der Waals surface area contributed by atoms with E-state index in [1.54, 1.807) is 27.7 Å². The number of rotatable bonds is 4. The minimum atomic E-state index is -4.91. The zero-order chi connectivity index (χ0) is 31.2. The number of alkyl halides is 3. The number of nitrogens with zero attached hydrogens (tertiary/aromatic N) is 3. The fourth-order valence-corrected chi connectivity index (χ4v) is 4.90. The highest BCUT2D eigenvalue weighted by molar-refractivity contribution is 6.48. The molecule has 9 nitrogen and oxygen atoms in total. The van der Waals surface area contributed by atoms with Crippen molar-refractivity contribution in [2.75, 3.05) is 7.11 Å². The Labute approximate surface area is 254 Å². The van der Waals surface area contributed by atoms with E-state index in [1.807, 2.05) is 0 Å². The van der Waals surface area contributed by atoms with Gasteiger partial charge >= 0.3 is 12.3 Å². The number of benzene rings is 2. The Kier molecular flexibility index (Phi) is 8.65. The van der Waals surface area contributed by atoms with Gasteiger partial charge < -0.3 is 19.1 Å². The van der Waals surface area contributed by atoms with Crippen LogP contribution in [0.2, 0.25) is 15.1 Å². The molecule has 2 atom stereocenters. The predicted molar refractivity (Wildman–Crippen MR) is 149 cm³/mol. The van der Waals surface area contributed by atoms with Crippen LogP contribution in [0, 0.1) is 6.92 Å². The standard InChI is InChI=1S/C27H25Cl3F3N3O6/c1-13-8-14(19-12-26(42-34-19,27(31,32)33)15-9-17(28)22(30)18(29)10-15)6-7-16(13)23(37)36(24(38)40-25(2,3)4)21-11-20(39-5)35-41-21/h6-10,21H,11-12H2,1-5H3/t21-,26-/m0/s1. The number of ether oxygens (including phenoxy) is 2. The number of imide groups is 1. The van der Waals surface area contributed by atoms with E-state index in [2.05, 4.69) is 10.3 Å². The smallest absolute Gasteiger partial charge is 0.435 e. The molecule has 4 rings (SSSR count). The van der Waals surface area contributed by atoms with Crippen molar-refractivity contribution in [3.63, 3.8) is 0 Å². The molecule has 15 heteroatoms. The van der Waals surface area contributed by atoms with Crippen LogP contribution in [0.3, 0.4) is 0 Å². The maximum atomic E-state index is 14.4. The van der Waals surface area contributed by atoms with Crippen LogP contribution in [0.5, 0.6) is 0 Å². The van der Waals surface area contributed by atoms with Crippen molar-refractivity contribution in [2.24, 2.45) is 10.3 Å². The second-order valence-corrected chi connectivity index (χ2v) is 11.7. The first-order valence-electron chi connectivity index (χ1n) is 12.4. The molecule has 2 aromatic carbocycles. The first kappa shape index (κ1) is 31.7. The Morgan fingerprint density at radius 1 is 1.07 bits per heavy atom. The first-order chi connectivity index (χ1) is 19.5. The topological polar surface area (TPSA) is 99.0 Å². The largest absolute Gasteiger partial charge is 0.482 e. The van der Waals surface area contributed by atoms with Crippen LogP contribution in [0.4, 0.5) is 18.0 Å². The van der Waals surface area contributed by atoms with E-state index >= 15 is 0 Å². The number of halogens is 6. The maximum Gasteiger partial charge on any atom is 0.435 e. The van der Waals surface area contributed by atoms with Gasteiger partial charge in [-0.15, -0.1) is 0 Å². The van der Waals surface area contributed by atoms with E-state index in [0.29, 0.717) is 5.56 Å². The summed E-state index contributed by atoms with van der Waals surface area (Å²) in [6.45, 7) is 6.47. The third-order valence-corrected chi connectivity index (χ3v) is 7.58. The van der Waals surface area contributed by atoms with Crippen LogP contribution in [-0.2, 0) is 24.7 Å². The highest BCUT2D eigenvalue weighted by atomic mass is 35.5. The van der Waals surface area contributed by atoms with Crippen LogP contribution in [-0.4, -0.2) is 53.6 Å². The Morgan fingerprint density at radius 3 is 2.24 bits per heavy atom.